The van der Waals surface area contributed by atoms with E-state index in [9.17, 15) is 4.79 Å². The molecule has 0 spiro atoms. The zero-order valence-corrected chi connectivity index (χ0v) is 10.6. The Morgan fingerprint density at radius 1 is 1.28 bits per heavy atom. The van der Waals surface area contributed by atoms with Crippen molar-refractivity contribution in [2.24, 2.45) is 0 Å². The lowest BCUT2D eigenvalue weighted by Gasteiger charge is -2.08. The quantitative estimate of drug-likeness (QED) is 0.862. The number of hydrogen-bond donors (Lipinski definition) is 2. The lowest BCUT2D eigenvalue weighted by atomic mass is 10.1. The van der Waals surface area contributed by atoms with Crippen molar-refractivity contribution in [3.05, 3.63) is 52.6 Å². The van der Waals surface area contributed by atoms with Crippen molar-refractivity contribution in [3.63, 3.8) is 0 Å². The van der Waals surface area contributed by atoms with Crippen molar-refractivity contribution in [2.45, 2.75) is 26.4 Å². The van der Waals surface area contributed by atoms with E-state index in [0.717, 1.165) is 5.56 Å². The largest absolute Gasteiger partial charge is 0.309 e. The van der Waals surface area contributed by atoms with Gasteiger partial charge in [0.2, 0.25) is 0 Å². The summed E-state index contributed by atoms with van der Waals surface area (Å²) in [5.41, 5.74) is 1.54. The van der Waals surface area contributed by atoms with E-state index in [4.69, 9.17) is 0 Å². The molecule has 0 amide bonds. The molecule has 1 aromatic heterocycles. The molecular weight excluding hydrogens is 226 g/mol. The van der Waals surface area contributed by atoms with Gasteiger partial charge in [0.25, 0.3) is 5.56 Å². The van der Waals surface area contributed by atoms with Crippen LogP contribution in [0.2, 0.25) is 0 Å². The van der Waals surface area contributed by atoms with Crippen LogP contribution in [0.1, 0.15) is 19.7 Å². The highest BCUT2D eigenvalue weighted by atomic mass is 16.1. The molecule has 0 saturated heterocycles. The van der Waals surface area contributed by atoms with Crippen LogP contribution in [-0.4, -0.2) is 16.0 Å². The predicted octanol–water partition coefficient (Wildman–Crippen LogP) is 1.93. The Kier molecular flexibility index (Phi) is 3.89. The predicted molar refractivity (Wildman–Crippen MR) is 72.3 cm³/mol. The summed E-state index contributed by atoms with van der Waals surface area (Å²) in [7, 11) is 0. The highest BCUT2D eigenvalue weighted by Gasteiger charge is 2.04. The number of rotatable bonds is 4. The Balaban J connectivity index is 2.30. The van der Waals surface area contributed by atoms with E-state index in [1.54, 1.807) is 0 Å². The van der Waals surface area contributed by atoms with Gasteiger partial charge < -0.3 is 10.3 Å². The van der Waals surface area contributed by atoms with Gasteiger partial charge in [0.05, 0.1) is 12.2 Å². The summed E-state index contributed by atoms with van der Waals surface area (Å²) < 4.78 is 0. The van der Waals surface area contributed by atoms with Crippen molar-refractivity contribution in [3.8, 4) is 11.3 Å². The SMILES string of the molecule is CC(C)NCc1nc(-c2ccccc2)cc(=O)[nH]1. The van der Waals surface area contributed by atoms with Crippen molar-refractivity contribution in [1.29, 1.82) is 0 Å². The molecule has 1 heterocycles. The minimum Gasteiger partial charge on any atom is -0.309 e. The third-order valence-corrected chi connectivity index (χ3v) is 2.54. The van der Waals surface area contributed by atoms with Gasteiger partial charge in [-0.05, 0) is 0 Å². The van der Waals surface area contributed by atoms with Gasteiger partial charge in [-0.25, -0.2) is 4.98 Å². The molecule has 0 aliphatic carbocycles. The fourth-order valence-electron chi connectivity index (χ4n) is 1.65. The molecule has 4 heteroatoms. The van der Waals surface area contributed by atoms with Gasteiger partial charge in [-0.2, -0.15) is 0 Å². The van der Waals surface area contributed by atoms with Crippen LogP contribution in [0.15, 0.2) is 41.2 Å². The van der Waals surface area contributed by atoms with Gasteiger partial charge in [0, 0.05) is 17.7 Å². The monoisotopic (exact) mass is 243 g/mol. The summed E-state index contributed by atoms with van der Waals surface area (Å²) in [6.07, 6.45) is 0. The standard InChI is InChI=1S/C14H17N3O/c1-10(2)15-9-13-16-12(8-14(18)17-13)11-6-4-3-5-7-11/h3-8,10,15H,9H2,1-2H3,(H,16,17,18). The Labute approximate surface area is 106 Å². The fraction of sp³-hybridized carbons (Fsp3) is 0.286. The van der Waals surface area contributed by atoms with Crippen LogP contribution in [0.4, 0.5) is 0 Å². The number of benzene rings is 1. The third kappa shape index (κ3) is 3.28. The van der Waals surface area contributed by atoms with Gasteiger partial charge in [-0.1, -0.05) is 44.2 Å². The molecule has 0 radical (unpaired) electrons. The van der Waals surface area contributed by atoms with Gasteiger partial charge >= 0.3 is 0 Å². The summed E-state index contributed by atoms with van der Waals surface area (Å²) in [6, 6.07) is 11.6. The van der Waals surface area contributed by atoms with E-state index >= 15 is 0 Å². The molecule has 0 aliphatic heterocycles. The number of nitrogens with zero attached hydrogens (tertiary/aromatic N) is 1. The molecule has 94 valence electrons. The summed E-state index contributed by atoms with van der Waals surface area (Å²) in [5.74, 6) is 0.662. The first-order chi connectivity index (χ1) is 8.65. The Hall–Kier alpha value is -1.94. The van der Waals surface area contributed by atoms with Crippen LogP contribution in [0, 0.1) is 0 Å². The first kappa shape index (κ1) is 12.5. The second kappa shape index (κ2) is 5.60. The molecule has 2 N–H and O–H groups in total. The molecule has 0 atom stereocenters. The molecule has 2 aromatic rings. The molecule has 18 heavy (non-hydrogen) atoms. The summed E-state index contributed by atoms with van der Waals surface area (Å²) in [5, 5.41) is 3.24. The third-order valence-electron chi connectivity index (χ3n) is 2.54. The van der Waals surface area contributed by atoms with Gasteiger partial charge in [-0.3, -0.25) is 4.79 Å². The molecule has 0 aliphatic rings. The van der Waals surface area contributed by atoms with Gasteiger partial charge in [0.15, 0.2) is 0 Å². The van der Waals surface area contributed by atoms with Crippen molar-refractivity contribution in [1.82, 2.24) is 15.3 Å². The lowest BCUT2D eigenvalue weighted by molar-refractivity contribution is 0.571. The number of H-pyrrole nitrogens is 1. The zero-order chi connectivity index (χ0) is 13.0. The van der Waals surface area contributed by atoms with Crippen molar-refractivity contribution in [2.75, 3.05) is 0 Å². The number of aromatic nitrogens is 2. The molecule has 0 fully saturated rings. The second-order valence-electron chi connectivity index (χ2n) is 4.48. The molecular formula is C14H17N3O. The van der Waals surface area contributed by atoms with E-state index in [1.807, 2.05) is 30.3 Å². The average molecular weight is 243 g/mol. The first-order valence-corrected chi connectivity index (χ1v) is 6.04. The van der Waals surface area contributed by atoms with E-state index in [-0.39, 0.29) is 5.56 Å². The van der Waals surface area contributed by atoms with E-state index < -0.39 is 0 Å². The normalized spacial score (nSPS) is 10.8. The maximum absolute atomic E-state index is 11.6. The van der Waals surface area contributed by atoms with Gasteiger partial charge in [-0.15, -0.1) is 0 Å². The number of aromatic amines is 1. The topological polar surface area (TPSA) is 57.8 Å². The van der Waals surface area contributed by atoms with E-state index in [1.165, 1.54) is 6.07 Å². The molecule has 1 aromatic carbocycles. The highest BCUT2D eigenvalue weighted by Crippen LogP contribution is 2.13. The number of hydrogen-bond acceptors (Lipinski definition) is 3. The number of nitrogens with one attached hydrogen (secondary N) is 2. The maximum atomic E-state index is 11.6. The summed E-state index contributed by atoms with van der Waals surface area (Å²) in [4.78, 5) is 18.8. The molecule has 2 rings (SSSR count). The Morgan fingerprint density at radius 3 is 2.67 bits per heavy atom. The smallest absolute Gasteiger partial charge is 0.251 e. The summed E-state index contributed by atoms with van der Waals surface area (Å²) >= 11 is 0. The second-order valence-corrected chi connectivity index (χ2v) is 4.48. The van der Waals surface area contributed by atoms with Crippen molar-refractivity contribution < 1.29 is 0 Å². The average Bonchev–Trinajstić information content (AvgIpc) is 2.37. The van der Waals surface area contributed by atoms with Gasteiger partial charge in [0.1, 0.15) is 5.82 Å². The molecule has 0 saturated carbocycles. The zero-order valence-electron chi connectivity index (χ0n) is 10.6. The first-order valence-electron chi connectivity index (χ1n) is 6.04. The van der Waals surface area contributed by atoms with Crippen LogP contribution in [0.5, 0.6) is 0 Å². The minimum absolute atomic E-state index is 0.121. The molecule has 4 nitrogen and oxygen atoms in total. The fourth-order valence-corrected chi connectivity index (χ4v) is 1.65. The van der Waals surface area contributed by atoms with Crippen molar-refractivity contribution >= 4 is 0 Å². The Bertz CT molecular complexity index is 561. The van der Waals surface area contributed by atoms with Crippen LogP contribution in [-0.2, 0) is 6.54 Å². The summed E-state index contributed by atoms with van der Waals surface area (Å²) in [6.45, 7) is 4.67. The van der Waals surface area contributed by atoms with Crippen LogP contribution < -0.4 is 10.9 Å². The lowest BCUT2D eigenvalue weighted by Crippen LogP contribution is -2.25. The van der Waals surface area contributed by atoms with Crippen LogP contribution in [0.25, 0.3) is 11.3 Å². The highest BCUT2D eigenvalue weighted by molar-refractivity contribution is 5.58. The molecule has 0 unspecified atom stereocenters. The van der Waals surface area contributed by atoms with E-state index in [0.29, 0.717) is 24.1 Å². The Morgan fingerprint density at radius 2 is 2.00 bits per heavy atom. The van der Waals surface area contributed by atoms with Crippen LogP contribution in [0.3, 0.4) is 0 Å². The minimum atomic E-state index is -0.121. The van der Waals surface area contributed by atoms with E-state index in [2.05, 4.69) is 29.1 Å². The molecule has 0 bridgehead atoms. The maximum Gasteiger partial charge on any atom is 0.251 e. The van der Waals surface area contributed by atoms with Crippen LogP contribution >= 0.6 is 0 Å².